The lowest BCUT2D eigenvalue weighted by atomic mass is 10.1. The maximum Gasteiger partial charge on any atom is 0.249 e. The molecule has 0 bridgehead atoms. The van der Waals surface area contributed by atoms with E-state index in [0.29, 0.717) is 5.95 Å². The molecule has 0 aliphatic carbocycles. The second kappa shape index (κ2) is 8.32. The molecule has 1 aromatic carbocycles. The van der Waals surface area contributed by atoms with Crippen LogP contribution < -0.4 is 10.2 Å². The van der Waals surface area contributed by atoms with Crippen molar-refractivity contribution in [2.75, 3.05) is 23.3 Å². The number of hydrogen-bond donors (Lipinski definition) is 1. The lowest BCUT2D eigenvalue weighted by molar-refractivity contribution is 0.728. The lowest BCUT2D eigenvalue weighted by Crippen LogP contribution is -2.26. The minimum Gasteiger partial charge on any atom is -0.355 e. The van der Waals surface area contributed by atoms with Crippen LogP contribution in [0.15, 0.2) is 30.5 Å². The van der Waals surface area contributed by atoms with Crippen molar-refractivity contribution < 1.29 is 0 Å². The van der Waals surface area contributed by atoms with Gasteiger partial charge in [0.1, 0.15) is 0 Å². The topological polar surface area (TPSA) is 53.9 Å². The molecule has 5 nitrogen and oxygen atoms in total. The second-order valence-corrected chi connectivity index (χ2v) is 5.30. The van der Waals surface area contributed by atoms with Crippen molar-refractivity contribution in [2.45, 2.75) is 40.0 Å². The summed E-state index contributed by atoms with van der Waals surface area (Å²) in [5.41, 5.74) is 2.30. The molecule has 0 saturated heterocycles. The fraction of sp³-hybridized carbons (Fsp3) is 0.471. The minimum absolute atomic E-state index is 0.541. The number of rotatable bonds is 8. The highest BCUT2D eigenvalue weighted by atomic mass is 15.3. The van der Waals surface area contributed by atoms with E-state index in [0.717, 1.165) is 43.9 Å². The zero-order valence-corrected chi connectivity index (χ0v) is 13.7. The van der Waals surface area contributed by atoms with Crippen LogP contribution in [0.5, 0.6) is 0 Å². The van der Waals surface area contributed by atoms with Crippen molar-refractivity contribution in [1.82, 2.24) is 15.2 Å². The van der Waals surface area contributed by atoms with E-state index in [1.54, 1.807) is 6.20 Å². The Kier molecular flexibility index (Phi) is 6.13. The van der Waals surface area contributed by atoms with E-state index in [1.807, 2.05) is 12.1 Å². The third-order valence-electron chi connectivity index (χ3n) is 3.48. The van der Waals surface area contributed by atoms with Crippen molar-refractivity contribution in [3.05, 3.63) is 36.0 Å². The Bertz CT molecular complexity index is 562. The van der Waals surface area contributed by atoms with Crippen LogP contribution in [-0.2, 0) is 6.42 Å². The molecular formula is C17H25N5. The molecule has 0 fully saturated rings. The first kappa shape index (κ1) is 16.2. The van der Waals surface area contributed by atoms with Crippen LogP contribution in [0.4, 0.5) is 17.5 Å². The van der Waals surface area contributed by atoms with Crippen LogP contribution in [-0.4, -0.2) is 28.3 Å². The summed E-state index contributed by atoms with van der Waals surface area (Å²) in [4.78, 5) is 6.84. The van der Waals surface area contributed by atoms with Gasteiger partial charge in [0.05, 0.1) is 6.20 Å². The minimum atomic E-state index is 0.541. The third-order valence-corrected chi connectivity index (χ3v) is 3.48. The molecule has 118 valence electrons. The first-order valence-electron chi connectivity index (χ1n) is 8.07. The fourth-order valence-corrected chi connectivity index (χ4v) is 2.33. The van der Waals surface area contributed by atoms with Crippen molar-refractivity contribution in [2.24, 2.45) is 0 Å². The molecule has 2 rings (SSSR count). The molecule has 1 N–H and O–H groups in total. The molecule has 2 aromatic rings. The number of aryl methyl sites for hydroxylation is 1. The first-order valence-corrected chi connectivity index (χ1v) is 8.07. The van der Waals surface area contributed by atoms with E-state index in [1.165, 1.54) is 5.56 Å². The zero-order valence-electron chi connectivity index (χ0n) is 13.7. The van der Waals surface area contributed by atoms with Crippen LogP contribution in [0.2, 0.25) is 0 Å². The van der Waals surface area contributed by atoms with Gasteiger partial charge in [-0.3, -0.25) is 0 Å². The van der Waals surface area contributed by atoms with E-state index >= 15 is 0 Å². The van der Waals surface area contributed by atoms with Crippen LogP contribution in [0, 0.1) is 0 Å². The maximum absolute atomic E-state index is 4.59. The van der Waals surface area contributed by atoms with Crippen molar-refractivity contribution >= 4 is 17.5 Å². The van der Waals surface area contributed by atoms with Gasteiger partial charge in [-0.25, -0.2) is 0 Å². The largest absolute Gasteiger partial charge is 0.355 e. The number of hydrogen-bond acceptors (Lipinski definition) is 5. The van der Waals surface area contributed by atoms with Crippen molar-refractivity contribution in [3.8, 4) is 0 Å². The van der Waals surface area contributed by atoms with Gasteiger partial charge in [0.25, 0.3) is 0 Å². The number of nitrogens with zero attached hydrogens (tertiary/aromatic N) is 4. The summed E-state index contributed by atoms with van der Waals surface area (Å²) >= 11 is 0. The highest BCUT2D eigenvalue weighted by Crippen LogP contribution is 2.16. The summed E-state index contributed by atoms with van der Waals surface area (Å²) in [6.45, 7) is 8.46. The van der Waals surface area contributed by atoms with Gasteiger partial charge >= 0.3 is 0 Å². The zero-order chi connectivity index (χ0) is 15.8. The van der Waals surface area contributed by atoms with Gasteiger partial charge in [0.15, 0.2) is 5.82 Å². The monoisotopic (exact) mass is 299 g/mol. The quantitative estimate of drug-likeness (QED) is 0.803. The Morgan fingerprint density at radius 1 is 1.00 bits per heavy atom. The van der Waals surface area contributed by atoms with Crippen molar-refractivity contribution in [3.63, 3.8) is 0 Å². The second-order valence-electron chi connectivity index (χ2n) is 5.30. The molecule has 22 heavy (non-hydrogen) atoms. The van der Waals surface area contributed by atoms with Gasteiger partial charge < -0.3 is 10.2 Å². The highest BCUT2D eigenvalue weighted by molar-refractivity contribution is 5.54. The summed E-state index contributed by atoms with van der Waals surface area (Å²) in [6, 6.07) is 8.32. The van der Waals surface area contributed by atoms with Crippen LogP contribution in [0.3, 0.4) is 0 Å². The summed E-state index contributed by atoms with van der Waals surface area (Å²) < 4.78 is 0. The van der Waals surface area contributed by atoms with Crippen LogP contribution >= 0.6 is 0 Å². The van der Waals surface area contributed by atoms with E-state index in [-0.39, 0.29) is 0 Å². The third kappa shape index (κ3) is 4.41. The molecule has 0 aliphatic heterocycles. The van der Waals surface area contributed by atoms with Crippen molar-refractivity contribution in [1.29, 1.82) is 0 Å². The average molecular weight is 299 g/mol. The molecular weight excluding hydrogens is 274 g/mol. The summed E-state index contributed by atoms with van der Waals surface area (Å²) in [6.07, 6.45) is 4.95. The number of anilines is 3. The van der Waals surface area contributed by atoms with Crippen LogP contribution in [0.1, 0.15) is 39.2 Å². The smallest absolute Gasteiger partial charge is 0.249 e. The molecule has 1 heterocycles. The molecule has 0 radical (unpaired) electrons. The Morgan fingerprint density at radius 3 is 2.27 bits per heavy atom. The van der Waals surface area contributed by atoms with E-state index in [4.69, 9.17) is 0 Å². The summed E-state index contributed by atoms with van der Waals surface area (Å²) in [5, 5.41) is 11.4. The molecule has 0 saturated carbocycles. The normalized spacial score (nSPS) is 10.5. The van der Waals surface area contributed by atoms with Gasteiger partial charge in [-0.05, 0) is 37.0 Å². The van der Waals surface area contributed by atoms with Gasteiger partial charge in [-0.1, -0.05) is 32.9 Å². The lowest BCUT2D eigenvalue weighted by Gasteiger charge is -2.22. The van der Waals surface area contributed by atoms with Gasteiger partial charge in [-0.15, -0.1) is 5.10 Å². The predicted octanol–water partition coefficient (Wildman–Crippen LogP) is 3.80. The molecule has 1 aromatic heterocycles. The predicted molar refractivity (Wildman–Crippen MR) is 91.7 cm³/mol. The molecule has 0 amide bonds. The average Bonchev–Trinajstić information content (AvgIpc) is 2.56. The van der Waals surface area contributed by atoms with E-state index < -0.39 is 0 Å². The molecule has 0 atom stereocenters. The molecule has 0 unspecified atom stereocenters. The Labute approximate surface area is 132 Å². The molecule has 0 spiro atoms. The van der Waals surface area contributed by atoms with E-state index in [2.05, 4.69) is 58.3 Å². The highest BCUT2D eigenvalue weighted by Gasteiger charge is 2.08. The number of benzene rings is 1. The summed E-state index contributed by atoms with van der Waals surface area (Å²) in [5.74, 6) is 1.42. The van der Waals surface area contributed by atoms with E-state index in [9.17, 15) is 0 Å². The first-order chi connectivity index (χ1) is 10.8. The van der Waals surface area contributed by atoms with Gasteiger partial charge in [0, 0.05) is 18.8 Å². The maximum atomic E-state index is 4.59. The Balaban J connectivity index is 2.12. The summed E-state index contributed by atoms with van der Waals surface area (Å²) in [7, 11) is 0. The molecule has 5 heteroatoms. The van der Waals surface area contributed by atoms with Gasteiger partial charge in [0.2, 0.25) is 5.95 Å². The standard InChI is InChI=1S/C17H25N5/c1-4-11-22(12-5-2)16-13-18-21-17(20-16)19-15-9-7-14(6-3)8-10-15/h7-10,13H,4-6,11-12H2,1-3H3,(H,19,20,21). The van der Waals surface area contributed by atoms with Gasteiger partial charge in [-0.2, -0.15) is 10.1 Å². The fourth-order valence-electron chi connectivity index (χ4n) is 2.33. The number of nitrogens with one attached hydrogen (secondary N) is 1. The van der Waals surface area contributed by atoms with Crippen LogP contribution in [0.25, 0.3) is 0 Å². The number of aromatic nitrogens is 3. The SMILES string of the molecule is CCCN(CCC)c1cnnc(Nc2ccc(CC)cc2)n1. The molecule has 0 aliphatic rings. The Hall–Kier alpha value is -2.17. The Morgan fingerprint density at radius 2 is 1.68 bits per heavy atom.